The SMILES string of the molecule is CC(C)CC(NC(=O)[C@@H](Cc1ccccc1)NC(=O)[C@H](N)Cc1ccccc1)C(=O)N[C@H](CCCCN)C(=O)N1CCC2(CC1)CNC2. The first kappa shape index (κ1) is 37.0. The molecule has 0 saturated carbocycles. The van der Waals surface area contributed by atoms with E-state index in [1.54, 1.807) is 0 Å². The fourth-order valence-corrected chi connectivity index (χ4v) is 6.55. The Labute approximate surface area is 285 Å². The molecule has 1 spiro atoms. The molecule has 2 fully saturated rings. The largest absolute Gasteiger partial charge is 0.343 e. The van der Waals surface area contributed by atoms with Gasteiger partial charge < -0.3 is 37.6 Å². The van der Waals surface area contributed by atoms with E-state index in [1.165, 1.54) is 0 Å². The van der Waals surface area contributed by atoms with E-state index >= 15 is 0 Å². The Morgan fingerprint density at radius 1 is 0.771 bits per heavy atom. The maximum atomic E-state index is 13.9. The van der Waals surface area contributed by atoms with Crippen LogP contribution in [-0.2, 0) is 32.0 Å². The van der Waals surface area contributed by atoms with Gasteiger partial charge in [0.05, 0.1) is 6.04 Å². The van der Waals surface area contributed by atoms with Crippen LogP contribution in [0, 0.1) is 11.3 Å². The highest BCUT2D eigenvalue weighted by atomic mass is 16.2. The summed E-state index contributed by atoms with van der Waals surface area (Å²) in [6.45, 7) is 7.78. The van der Waals surface area contributed by atoms with Crippen LogP contribution in [0.2, 0.25) is 0 Å². The number of carbonyl (C=O) groups is 4. The number of benzene rings is 2. The number of nitrogens with one attached hydrogen (secondary N) is 4. The van der Waals surface area contributed by atoms with Crippen molar-refractivity contribution in [1.29, 1.82) is 0 Å². The highest BCUT2D eigenvalue weighted by Crippen LogP contribution is 2.35. The molecule has 0 bridgehead atoms. The lowest BCUT2D eigenvalue weighted by molar-refractivity contribution is -0.140. The number of carbonyl (C=O) groups excluding carboxylic acids is 4. The molecule has 2 aromatic rings. The first-order valence-corrected chi connectivity index (χ1v) is 17.5. The van der Waals surface area contributed by atoms with Crippen molar-refractivity contribution in [2.24, 2.45) is 22.8 Å². The lowest BCUT2D eigenvalue weighted by Crippen LogP contribution is -2.61. The zero-order valence-electron chi connectivity index (χ0n) is 28.6. The number of amides is 4. The fourth-order valence-electron chi connectivity index (χ4n) is 6.55. The Balaban J connectivity index is 1.46. The van der Waals surface area contributed by atoms with Crippen LogP contribution in [-0.4, -0.2) is 85.4 Å². The molecule has 11 heteroatoms. The number of rotatable bonds is 17. The van der Waals surface area contributed by atoms with Gasteiger partial charge in [-0.1, -0.05) is 74.5 Å². The van der Waals surface area contributed by atoms with Crippen LogP contribution in [0.1, 0.15) is 63.5 Å². The van der Waals surface area contributed by atoms with Crippen molar-refractivity contribution in [2.75, 3.05) is 32.7 Å². The first-order valence-electron chi connectivity index (χ1n) is 17.5. The lowest BCUT2D eigenvalue weighted by atomic mass is 9.73. The van der Waals surface area contributed by atoms with Gasteiger partial charge in [0.1, 0.15) is 18.1 Å². The summed E-state index contributed by atoms with van der Waals surface area (Å²) in [5.74, 6) is -1.36. The number of unbranched alkanes of at least 4 members (excludes halogenated alkanes) is 1. The molecule has 2 aliphatic rings. The monoisotopic (exact) mass is 661 g/mol. The molecule has 2 saturated heterocycles. The van der Waals surface area contributed by atoms with Gasteiger partial charge in [-0.3, -0.25) is 19.2 Å². The van der Waals surface area contributed by atoms with Crippen LogP contribution in [0.4, 0.5) is 0 Å². The zero-order valence-corrected chi connectivity index (χ0v) is 28.6. The summed E-state index contributed by atoms with van der Waals surface area (Å²) in [5, 5.41) is 12.1. The second kappa shape index (κ2) is 18.1. The minimum Gasteiger partial charge on any atom is -0.343 e. The van der Waals surface area contributed by atoms with E-state index in [-0.39, 0.29) is 18.2 Å². The third-order valence-corrected chi connectivity index (χ3v) is 9.59. The third kappa shape index (κ3) is 10.9. The summed E-state index contributed by atoms with van der Waals surface area (Å²) >= 11 is 0. The van der Waals surface area contributed by atoms with E-state index in [0.717, 1.165) is 43.5 Å². The van der Waals surface area contributed by atoms with Crippen LogP contribution in [0.15, 0.2) is 60.7 Å². The summed E-state index contributed by atoms with van der Waals surface area (Å²) in [4.78, 5) is 56.7. The normalized spacial score (nSPS) is 17.9. The topological polar surface area (TPSA) is 172 Å². The van der Waals surface area contributed by atoms with Crippen LogP contribution in [0.25, 0.3) is 0 Å². The molecule has 2 aliphatic heterocycles. The number of hydrogen-bond acceptors (Lipinski definition) is 7. The molecule has 2 heterocycles. The van der Waals surface area contributed by atoms with Crippen molar-refractivity contribution in [3.63, 3.8) is 0 Å². The van der Waals surface area contributed by atoms with E-state index in [9.17, 15) is 19.2 Å². The van der Waals surface area contributed by atoms with Gasteiger partial charge in [0, 0.05) is 32.6 Å². The Bertz CT molecular complexity index is 1330. The average molecular weight is 662 g/mol. The molecule has 262 valence electrons. The highest BCUT2D eigenvalue weighted by Gasteiger charge is 2.41. The highest BCUT2D eigenvalue weighted by molar-refractivity contribution is 5.95. The number of nitrogens with two attached hydrogens (primary N) is 2. The molecule has 1 unspecified atom stereocenters. The predicted molar refractivity (Wildman–Crippen MR) is 188 cm³/mol. The molecule has 2 aromatic carbocycles. The van der Waals surface area contributed by atoms with Crippen LogP contribution < -0.4 is 32.7 Å². The molecule has 8 N–H and O–H groups in total. The molecule has 4 rings (SSSR count). The number of piperidine rings is 1. The van der Waals surface area contributed by atoms with Gasteiger partial charge in [-0.2, -0.15) is 0 Å². The van der Waals surface area contributed by atoms with Crippen LogP contribution in [0.3, 0.4) is 0 Å². The molecule has 0 radical (unpaired) electrons. The fraction of sp³-hybridized carbons (Fsp3) is 0.568. The summed E-state index contributed by atoms with van der Waals surface area (Å²) in [6.07, 6.45) is 4.71. The van der Waals surface area contributed by atoms with Gasteiger partial charge in [0.2, 0.25) is 23.6 Å². The summed E-state index contributed by atoms with van der Waals surface area (Å²) in [5.41, 5.74) is 14.1. The van der Waals surface area contributed by atoms with Gasteiger partial charge in [-0.05, 0) is 74.0 Å². The van der Waals surface area contributed by atoms with Crippen LogP contribution in [0.5, 0.6) is 0 Å². The molecule has 4 atom stereocenters. The Morgan fingerprint density at radius 2 is 1.31 bits per heavy atom. The second-order valence-corrected chi connectivity index (χ2v) is 14.0. The first-order chi connectivity index (χ1) is 23.1. The molecule has 0 aliphatic carbocycles. The summed E-state index contributed by atoms with van der Waals surface area (Å²) in [6, 6.07) is 15.4. The van der Waals surface area contributed by atoms with Crippen molar-refractivity contribution in [3.8, 4) is 0 Å². The number of likely N-dealkylation sites (tertiary alicyclic amines) is 1. The minimum atomic E-state index is -0.965. The predicted octanol–water partition coefficient (Wildman–Crippen LogP) is 1.64. The van der Waals surface area contributed by atoms with E-state index < -0.39 is 41.9 Å². The van der Waals surface area contributed by atoms with E-state index in [2.05, 4.69) is 21.3 Å². The maximum Gasteiger partial charge on any atom is 0.245 e. The van der Waals surface area contributed by atoms with E-state index in [1.807, 2.05) is 79.4 Å². The zero-order chi connectivity index (χ0) is 34.5. The smallest absolute Gasteiger partial charge is 0.245 e. The van der Waals surface area contributed by atoms with Crippen molar-refractivity contribution in [1.82, 2.24) is 26.2 Å². The average Bonchev–Trinajstić information content (AvgIpc) is 3.07. The van der Waals surface area contributed by atoms with E-state index in [0.29, 0.717) is 50.7 Å². The van der Waals surface area contributed by atoms with Crippen LogP contribution >= 0.6 is 0 Å². The summed E-state index contributed by atoms with van der Waals surface area (Å²) < 4.78 is 0. The quantitative estimate of drug-likeness (QED) is 0.140. The maximum absolute atomic E-state index is 13.9. The second-order valence-electron chi connectivity index (χ2n) is 14.0. The number of nitrogens with zero attached hydrogens (tertiary/aromatic N) is 1. The molecule has 11 nitrogen and oxygen atoms in total. The van der Waals surface area contributed by atoms with Gasteiger partial charge in [-0.15, -0.1) is 0 Å². The standard InChI is InChI=1S/C37H55N7O4/c1-26(2)21-31(34(46)41-30(15-9-10-18-38)36(48)44-19-16-37(17-20-44)24-40-25-37)43-35(47)32(23-28-13-7-4-8-14-28)42-33(45)29(39)22-27-11-5-3-6-12-27/h3-8,11-14,26,29-32,40H,9-10,15-25,38-39H2,1-2H3,(H,41,46)(H,42,45)(H,43,47)/t29-,30-,31?,32-/m1/s1. The van der Waals surface area contributed by atoms with Gasteiger partial charge in [-0.25, -0.2) is 0 Å². The van der Waals surface area contributed by atoms with Gasteiger partial charge >= 0.3 is 0 Å². The van der Waals surface area contributed by atoms with Crippen molar-refractivity contribution in [2.45, 2.75) is 89.4 Å². The third-order valence-electron chi connectivity index (χ3n) is 9.59. The molecule has 48 heavy (non-hydrogen) atoms. The van der Waals surface area contributed by atoms with Crippen molar-refractivity contribution >= 4 is 23.6 Å². The molecular weight excluding hydrogens is 606 g/mol. The minimum absolute atomic E-state index is 0.0725. The Hall–Kier alpha value is -3.80. The Morgan fingerprint density at radius 3 is 1.85 bits per heavy atom. The number of hydrogen-bond donors (Lipinski definition) is 6. The van der Waals surface area contributed by atoms with E-state index in [4.69, 9.17) is 11.5 Å². The molecule has 0 aromatic heterocycles. The summed E-state index contributed by atoms with van der Waals surface area (Å²) in [7, 11) is 0. The van der Waals surface area contributed by atoms with Crippen molar-refractivity contribution < 1.29 is 19.2 Å². The lowest BCUT2D eigenvalue weighted by Gasteiger charge is -2.48. The van der Waals surface area contributed by atoms with Gasteiger partial charge in [0.15, 0.2) is 0 Å². The molecule has 4 amide bonds. The van der Waals surface area contributed by atoms with Gasteiger partial charge in [0.25, 0.3) is 0 Å². The Kier molecular flexibility index (Phi) is 14.0. The molecular formula is C37H55N7O4. The van der Waals surface area contributed by atoms with Crippen molar-refractivity contribution in [3.05, 3.63) is 71.8 Å².